The molecular weight excluding hydrogens is 466 g/mol. The van der Waals surface area contributed by atoms with Gasteiger partial charge in [-0.05, 0) is 0 Å². The Balaban J connectivity index is 1.77. The van der Waals surface area contributed by atoms with Crippen molar-refractivity contribution in [2.75, 3.05) is 13.1 Å². The first-order chi connectivity index (χ1) is 12.4. The monoisotopic (exact) mass is 484 g/mol. The number of nitrogens with one attached hydrogen (secondary N) is 2. The predicted octanol–water partition coefficient (Wildman–Crippen LogP) is -2.79. The first-order valence-electron chi connectivity index (χ1n) is 7.51. The van der Waals surface area contributed by atoms with Crippen LogP contribution in [0, 0.1) is 0 Å². The average molecular weight is 484 g/mol. The van der Waals surface area contributed by atoms with E-state index in [1.807, 2.05) is 0 Å². The van der Waals surface area contributed by atoms with Crippen LogP contribution in [0.4, 0.5) is 0 Å². The molecule has 0 atom stereocenters. The molecule has 6 N–H and O–H groups in total. The third-order valence-electron chi connectivity index (χ3n) is 3.42. The van der Waals surface area contributed by atoms with E-state index >= 15 is 0 Å². The van der Waals surface area contributed by atoms with Gasteiger partial charge in [-0.15, -0.1) is 0 Å². The summed E-state index contributed by atoms with van der Waals surface area (Å²) >= 11 is -5.85. The molecule has 138 valence electrons. The van der Waals surface area contributed by atoms with E-state index in [-0.39, 0.29) is 24.9 Å². The van der Waals surface area contributed by atoms with E-state index in [4.69, 9.17) is 16.4 Å². The summed E-state index contributed by atoms with van der Waals surface area (Å²) in [7, 11) is 0. The molecule has 0 aliphatic heterocycles. The van der Waals surface area contributed by atoms with E-state index in [1.165, 1.54) is 48.5 Å². The van der Waals surface area contributed by atoms with Gasteiger partial charge in [0.2, 0.25) is 0 Å². The molecule has 0 radical (unpaired) electrons. The molecule has 2 rings (SSSR count). The maximum absolute atomic E-state index is 12.0. The number of carbonyl (C=O) groups is 2. The summed E-state index contributed by atoms with van der Waals surface area (Å²) in [6.45, 7) is 0.454. The Bertz CT molecular complexity index is 685. The minimum atomic E-state index is -2.93. The zero-order chi connectivity index (χ0) is 19.1. The van der Waals surface area contributed by atoms with Gasteiger partial charge < -0.3 is 0 Å². The summed E-state index contributed by atoms with van der Waals surface area (Å²) in [5, 5.41) is 5.30. The van der Waals surface area contributed by atoms with Crippen molar-refractivity contribution < 1.29 is 26.0 Å². The van der Waals surface area contributed by atoms with E-state index in [9.17, 15) is 9.59 Å². The fourth-order valence-corrected chi connectivity index (χ4v) is 3.79. The Morgan fingerprint density at radius 2 is 0.962 bits per heavy atom. The summed E-state index contributed by atoms with van der Waals surface area (Å²) in [5.74, 6) is -0.653. The Labute approximate surface area is 160 Å². The molecular formula is C16H18As2N2O6. The van der Waals surface area contributed by atoms with Gasteiger partial charge in [0.25, 0.3) is 0 Å². The molecule has 0 fully saturated rings. The molecule has 0 saturated heterocycles. The molecule has 0 aromatic heterocycles. The van der Waals surface area contributed by atoms with Gasteiger partial charge in [0.1, 0.15) is 0 Å². The molecule has 10 heteroatoms. The molecule has 2 amide bonds. The van der Waals surface area contributed by atoms with Crippen LogP contribution in [0.2, 0.25) is 0 Å². The number of hydrogen-bond donors (Lipinski definition) is 6. The fraction of sp³-hybridized carbons (Fsp3) is 0.125. The quantitative estimate of drug-likeness (QED) is 0.186. The molecule has 0 aliphatic carbocycles. The Morgan fingerprint density at radius 1 is 0.654 bits per heavy atom. The van der Waals surface area contributed by atoms with Crippen molar-refractivity contribution >= 4 is 51.2 Å². The molecule has 0 spiro atoms. The van der Waals surface area contributed by atoms with E-state index in [0.717, 1.165) is 0 Å². The van der Waals surface area contributed by atoms with Crippen molar-refractivity contribution in [2.45, 2.75) is 0 Å². The van der Waals surface area contributed by atoms with E-state index in [0.29, 0.717) is 19.8 Å². The number of hydrogen-bond acceptors (Lipinski definition) is 6. The van der Waals surface area contributed by atoms with Gasteiger partial charge in [-0.2, -0.15) is 0 Å². The molecule has 26 heavy (non-hydrogen) atoms. The standard InChI is InChI=1S/C16H18As2N2O6/c21-15(11-1-5-13(6-2-11)17(23)24)19-9-10-20-16(22)12-3-7-14(8-4-12)18(25)26/h1-8,23-26H,9-10H2,(H,19,21)(H,20,22). The molecule has 0 heterocycles. The van der Waals surface area contributed by atoms with Gasteiger partial charge in [-0.25, -0.2) is 0 Å². The van der Waals surface area contributed by atoms with Crippen LogP contribution in [0.1, 0.15) is 20.7 Å². The normalized spacial score (nSPS) is 10.8. The Kier molecular flexibility index (Phi) is 7.84. The Morgan fingerprint density at radius 3 is 1.23 bits per heavy atom. The van der Waals surface area contributed by atoms with Crippen LogP contribution in [-0.4, -0.2) is 72.0 Å². The average Bonchev–Trinajstić information content (AvgIpc) is 2.65. The molecule has 0 aliphatic rings. The van der Waals surface area contributed by atoms with Crippen LogP contribution in [0.15, 0.2) is 48.5 Å². The maximum atomic E-state index is 12.0. The van der Waals surface area contributed by atoms with Gasteiger partial charge in [-0.1, -0.05) is 0 Å². The summed E-state index contributed by atoms with van der Waals surface area (Å²) in [4.78, 5) is 23.9. The summed E-state index contributed by atoms with van der Waals surface area (Å²) in [6.07, 6.45) is 0. The fourth-order valence-electron chi connectivity index (χ4n) is 2.05. The van der Waals surface area contributed by atoms with Crippen molar-refractivity contribution in [3.05, 3.63) is 59.7 Å². The third kappa shape index (κ3) is 5.95. The van der Waals surface area contributed by atoms with Gasteiger partial charge in [-0.3, -0.25) is 0 Å². The molecule has 8 nitrogen and oxygen atoms in total. The number of benzene rings is 2. The van der Waals surface area contributed by atoms with Crippen LogP contribution < -0.4 is 19.3 Å². The number of amides is 2. The van der Waals surface area contributed by atoms with Crippen molar-refractivity contribution in [1.29, 1.82) is 0 Å². The molecule has 0 bridgehead atoms. The van der Waals surface area contributed by atoms with E-state index in [1.54, 1.807) is 0 Å². The molecule has 2 aromatic carbocycles. The molecule has 0 saturated carbocycles. The van der Waals surface area contributed by atoms with Crippen molar-refractivity contribution in [1.82, 2.24) is 10.6 Å². The SMILES string of the molecule is O=C(NCCNC(=O)c1ccc([As](O)O)cc1)c1ccc([As](O)O)cc1. The van der Waals surface area contributed by atoms with Crippen molar-refractivity contribution in [3.63, 3.8) is 0 Å². The zero-order valence-corrected chi connectivity index (χ0v) is 17.3. The summed E-state index contributed by atoms with van der Waals surface area (Å²) < 4.78 is 37.5. The van der Waals surface area contributed by atoms with Crippen LogP contribution >= 0.6 is 0 Å². The van der Waals surface area contributed by atoms with Gasteiger partial charge in [0.15, 0.2) is 0 Å². The van der Waals surface area contributed by atoms with E-state index in [2.05, 4.69) is 10.6 Å². The topological polar surface area (TPSA) is 139 Å². The minimum absolute atomic E-state index is 0.227. The first-order valence-corrected chi connectivity index (χ1v) is 12.7. The number of carbonyl (C=O) groups excluding carboxylic acids is 2. The molecule has 2 aromatic rings. The number of rotatable bonds is 7. The summed E-state index contributed by atoms with van der Waals surface area (Å²) in [5.41, 5.74) is 0.775. The van der Waals surface area contributed by atoms with Crippen LogP contribution in [0.5, 0.6) is 0 Å². The second-order valence-corrected chi connectivity index (χ2v) is 9.78. The van der Waals surface area contributed by atoms with E-state index < -0.39 is 30.7 Å². The molecule has 0 unspecified atom stereocenters. The predicted molar refractivity (Wildman–Crippen MR) is 97.2 cm³/mol. The third-order valence-corrected chi connectivity index (χ3v) is 6.61. The summed E-state index contributed by atoms with van der Waals surface area (Å²) in [6, 6.07) is 12.1. The van der Waals surface area contributed by atoms with Crippen LogP contribution in [0.25, 0.3) is 0 Å². The van der Waals surface area contributed by atoms with Gasteiger partial charge in [0.05, 0.1) is 0 Å². The Hall–Kier alpha value is -1.66. The van der Waals surface area contributed by atoms with Gasteiger partial charge in [0, 0.05) is 0 Å². The van der Waals surface area contributed by atoms with Crippen molar-refractivity contribution in [2.24, 2.45) is 0 Å². The zero-order valence-electron chi connectivity index (χ0n) is 13.5. The van der Waals surface area contributed by atoms with Crippen molar-refractivity contribution in [3.8, 4) is 0 Å². The van der Waals surface area contributed by atoms with Crippen LogP contribution in [0.3, 0.4) is 0 Å². The van der Waals surface area contributed by atoms with Gasteiger partial charge >= 0.3 is 161 Å². The van der Waals surface area contributed by atoms with Crippen LogP contribution in [-0.2, 0) is 0 Å². The first kappa shape index (κ1) is 20.6. The second-order valence-electron chi connectivity index (χ2n) is 5.18. The second kappa shape index (κ2) is 9.88.